The molecule has 1 aromatic carbocycles. The van der Waals surface area contributed by atoms with Gasteiger partial charge in [0.1, 0.15) is 0 Å². The Hall–Kier alpha value is -2.87. The summed E-state index contributed by atoms with van der Waals surface area (Å²) >= 11 is 0. The molecule has 0 spiro atoms. The molecule has 1 unspecified atom stereocenters. The SMILES string of the molecule is Cc1ncc(N)cc1C(=O)NC(C)c1ccc(C#N)cc1. The minimum Gasteiger partial charge on any atom is -0.397 e. The van der Waals surface area contributed by atoms with Gasteiger partial charge in [-0.2, -0.15) is 5.26 Å². The molecule has 2 aromatic rings. The van der Waals surface area contributed by atoms with Crippen LogP contribution in [0.4, 0.5) is 5.69 Å². The van der Waals surface area contributed by atoms with Gasteiger partial charge in [-0.1, -0.05) is 12.1 Å². The smallest absolute Gasteiger partial charge is 0.253 e. The average molecular weight is 280 g/mol. The highest BCUT2D eigenvalue weighted by Gasteiger charge is 2.14. The zero-order valence-electron chi connectivity index (χ0n) is 11.9. The first kappa shape index (κ1) is 14.5. The molecular formula is C16H16N4O. The standard InChI is InChI=1S/C16H16N4O/c1-10(13-5-3-12(8-17)4-6-13)20-16(21)15-7-14(18)9-19-11(15)2/h3-7,9-10H,18H2,1-2H3,(H,20,21). The average Bonchev–Trinajstić information content (AvgIpc) is 2.49. The van der Waals surface area contributed by atoms with Gasteiger partial charge in [-0.15, -0.1) is 0 Å². The topological polar surface area (TPSA) is 91.8 Å². The number of anilines is 1. The number of nitrogens with zero attached hydrogens (tertiary/aromatic N) is 2. The number of aryl methyl sites for hydroxylation is 1. The Kier molecular flexibility index (Phi) is 4.19. The highest BCUT2D eigenvalue weighted by atomic mass is 16.1. The number of pyridine rings is 1. The first-order valence-electron chi connectivity index (χ1n) is 6.54. The van der Waals surface area contributed by atoms with Gasteiger partial charge in [0.05, 0.1) is 40.8 Å². The summed E-state index contributed by atoms with van der Waals surface area (Å²) in [5.41, 5.74) is 8.74. The number of hydrogen-bond donors (Lipinski definition) is 2. The molecule has 0 bridgehead atoms. The Morgan fingerprint density at radius 3 is 2.67 bits per heavy atom. The van der Waals surface area contributed by atoms with E-state index in [4.69, 9.17) is 11.0 Å². The van der Waals surface area contributed by atoms with Crippen LogP contribution in [0.3, 0.4) is 0 Å². The highest BCUT2D eigenvalue weighted by Crippen LogP contribution is 2.15. The van der Waals surface area contributed by atoms with E-state index in [1.54, 1.807) is 25.1 Å². The Labute approximate surface area is 123 Å². The fourth-order valence-corrected chi connectivity index (χ4v) is 1.98. The third kappa shape index (κ3) is 3.37. The van der Waals surface area contributed by atoms with E-state index in [0.717, 1.165) is 5.56 Å². The van der Waals surface area contributed by atoms with Crippen molar-refractivity contribution in [3.8, 4) is 6.07 Å². The number of carbonyl (C=O) groups excluding carboxylic acids is 1. The summed E-state index contributed by atoms with van der Waals surface area (Å²) in [6.07, 6.45) is 1.52. The van der Waals surface area contributed by atoms with Gasteiger partial charge in [0.25, 0.3) is 5.91 Å². The van der Waals surface area contributed by atoms with Gasteiger partial charge in [-0.05, 0) is 37.6 Å². The van der Waals surface area contributed by atoms with Crippen molar-refractivity contribution in [2.45, 2.75) is 19.9 Å². The lowest BCUT2D eigenvalue weighted by molar-refractivity contribution is 0.0939. The molecule has 2 rings (SSSR count). The summed E-state index contributed by atoms with van der Waals surface area (Å²) in [7, 11) is 0. The monoisotopic (exact) mass is 280 g/mol. The van der Waals surface area contributed by atoms with E-state index in [1.807, 2.05) is 19.1 Å². The van der Waals surface area contributed by atoms with Crippen LogP contribution in [-0.2, 0) is 0 Å². The zero-order chi connectivity index (χ0) is 15.4. The van der Waals surface area contributed by atoms with Crippen LogP contribution >= 0.6 is 0 Å². The molecule has 0 aliphatic rings. The van der Waals surface area contributed by atoms with Crippen LogP contribution in [-0.4, -0.2) is 10.9 Å². The van der Waals surface area contributed by atoms with E-state index < -0.39 is 0 Å². The number of aromatic nitrogens is 1. The quantitative estimate of drug-likeness (QED) is 0.902. The number of nitrogen functional groups attached to an aromatic ring is 1. The molecule has 0 fully saturated rings. The fourth-order valence-electron chi connectivity index (χ4n) is 1.98. The molecule has 0 aliphatic heterocycles. The summed E-state index contributed by atoms with van der Waals surface area (Å²) in [5.74, 6) is -0.218. The summed E-state index contributed by atoms with van der Waals surface area (Å²) in [6, 6.07) is 10.6. The maximum atomic E-state index is 12.3. The molecule has 1 heterocycles. The Morgan fingerprint density at radius 1 is 1.38 bits per heavy atom. The van der Waals surface area contributed by atoms with Crippen molar-refractivity contribution < 1.29 is 4.79 Å². The van der Waals surface area contributed by atoms with Gasteiger partial charge < -0.3 is 11.1 Å². The molecule has 21 heavy (non-hydrogen) atoms. The number of benzene rings is 1. The number of amides is 1. The maximum absolute atomic E-state index is 12.3. The molecule has 0 aliphatic carbocycles. The zero-order valence-corrected chi connectivity index (χ0v) is 11.9. The van der Waals surface area contributed by atoms with Crippen LogP contribution in [0, 0.1) is 18.3 Å². The van der Waals surface area contributed by atoms with E-state index in [-0.39, 0.29) is 11.9 Å². The van der Waals surface area contributed by atoms with E-state index in [9.17, 15) is 4.79 Å². The number of carbonyl (C=O) groups is 1. The third-order valence-corrected chi connectivity index (χ3v) is 3.24. The van der Waals surface area contributed by atoms with Gasteiger partial charge in [-0.3, -0.25) is 9.78 Å². The second-order valence-electron chi connectivity index (χ2n) is 4.83. The molecule has 5 heteroatoms. The summed E-state index contributed by atoms with van der Waals surface area (Å²) < 4.78 is 0. The molecule has 3 N–H and O–H groups in total. The number of nitrogens with two attached hydrogens (primary N) is 1. The number of hydrogen-bond acceptors (Lipinski definition) is 4. The van der Waals surface area contributed by atoms with E-state index >= 15 is 0 Å². The highest BCUT2D eigenvalue weighted by molar-refractivity contribution is 5.96. The predicted molar refractivity (Wildman–Crippen MR) is 80.4 cm³/mol. The summed E-state index contributed by atoms with van der Waals surface area (Å²) in [4.78, 5) is 16.3. The molecule has 0 saturated heterocycles. The summed E-state index contributed by atoms with van der Waals surface area (Å²) in [5, 5.41) is 11.7. The van der Waals surface area contributed by atoms with Crippen molar-refractivity contribution in [2.75, 3.05) is 5.73 Å². The molecule has 5 nitrogen and oxygen atoms in total. The molecule has 0 radical (unpaired) electrons. The molecule has 1 atom stereocenters. The van der Waals surface area contributed by atoms with Gasteiger partial charge in [0.2, 0.25) is 0 Å². The van der Waals surface area contributed by atoms with Crippen LogP contribution in [0.1, 0.15) is 40.1 Å². The number of rotatable bonds is 3. The van der Waals surface area contributed by atoms with Crippen molar-refractivity contribution in [3.63, 3.8) is 0 Å². The van der Waals surface area contributed by atoms with Crippen molar-refractivity contribution in [2.24, 2.45) is 0 Å². The van der Waals surface area contributed by atoms with Gasteiger partial charge in [0, 0.05) is 0 Å². The number of nitrogens with one attached hydrogen (secondary N) is 1. The van der Waals surface area contributed by atoms with E-state index in [2.05, 4.69) is 16.4 Å². The molecule has 1 amide bonds. The van der Waals surface area contributed by atoms with Crippen LogP contribution < -0.4 is 11.1 Å². The van der Waals surface area contributed by atoms with E-state index in [0.29, 0.717) is 22.5 Å². The van der Waals surface area contributed by atoms with Gasteiger partial charge >= 0.3 is 0 Å². The van der Waals surface area contributed by atoms with Crippen molar-refractivity contribution in [1.29, 1.82) is 5.26 Å². The van der Waals surface area contributed by atoms with E-state index in [1.165, 1.54) is 6.20 Å². The minimum absolute atomic E-state index is 0.175. The van der Waals surface area contributed by atoms with Crippen LogP contribution in [0.5, 0.6) is 0 Å². The van der Waals surface area contributed by atoms with Gasteiger partial charge in [-0.25, -0.2) is 0 Å². The van der Waals surface area contributed by atoms with Gasteiger partial charge in [0.15, 0.2) is 0 Å². The molecule has 1 aromatic heterocycles. The lowest BCUT2D eigenvalue weighted by atomic mass is 10.1. The predicted octanol–water partition coefficient (Wildman–Crippen LogP) is 2.33. The normalized spacial score (nSPS) is 11.5. The molecular weight excluding hydrogens is 264 g/mol. The molecule has 106 valence electrons. The maximum Gasteiger partial charge on any atom is 0.253 e. The van der Waals surface area contributed by atoms with Crippen LogP contribution in [0.25, 0.3) is 0 Å². The van der Waals surface area contributed by atoms with Crippen molar-refractivity contribution in [1.82, 2.24) is 10.3 Å². The first-order valence-corrected chi connectivity index (χ1v) is 6.54. The number of nitriles is 1. The Balaban J connectivity index is 2.14. The van der Waals surface area contributed by atoms with Crippen LogP contribution in [0.2, 0.25) is 0 Å². The first-order chi connectivity index (χ1) is 10.0. The fraction of sp³-hybridized carbons (Fsp3) is 0.188. The lowest BCUT2D eigenvalue weighted by Gasteiger charge is -2.15. The van der Waals surface area contributed by atoms with Crippen LogP contribution in [0.15, 0.2) is 36.5 Å². The largest absolute Gasteiger partial charge is 0.397 e. The third-order valence-electron chi connectivity index (χ3n) is 3.24. The second kappa shape index (κ2) is 6.06. The second-order valence-corrected chi connectivity index (χ2v) is 4.83. The summed E-state index contributed by atoms with van der Waals surface area (Å²) in [6.45, 7) is 3.65. The Bertz CT molecular complexity index is 701. The minimum atomic E-state index is -0.218. The Morgan fingerprint density at radius 2 is 2.05 bits per heavy atom. The molecule has 0 saturated carbocycles. The van der Waals surface area contributed by atoms with Crippen molar-refractivity contribution in [3.05, 3.63) is 58.9 Å². The van der Waals surface area contributed by atoms with Crippen molar-refractivity contribution >= 4 is 11.6 Å². The lowest BCUT2D eigenvalue weighted by Crippen LogP contribution is -2.27.